The maximum absolute atomic E-state index is 13.9. The molecule has 0 bridgehead atoms. The van der Waals surface area contributed by atoms with Crippen LogP contribution in [0.3, 0.4) is 0 Å². The highest BCUT2D eigenvalue weighted by Gasteiger charge is 2.37. The van der Waals surface area contributed by atoms with E-state index in [-0.39, 0.29) is 34.0 Å². The predicted octanol–water partition coefficient (Wildman–Crippen LogP) is -1.60. The van der Waals surface area contributed by atoms with Gasteiger partial charge in [-0.3, -0.25) is 37.4 Å². The number of nitrogens with zero attached hydrogens (tertiary/aromatic N) is 4. The fraction of sp³-hybridized carbons (Fsp3) is 0.259. The molecule has 1 unspecified atom stereocenters. The molecule has 1 aliphatic rings. The SMILES string of the molecule is CC1=C(C(=O)Nc2cc(=O)n(C)c(=O)n2C)C(c2cccc([NH+]([O-])O)c2)C(C(=O)Nc2cc(=O)n(C)c(=O)n2C)=C(C)N1. The fourth-order valence-electron chi connectivity index (χ4n) is 4.85. The highest BCUT2D eigenvalue weighted by molar-refractivity contribution is 6.11. The first-order valence-electron chi connectivity index (χ1n) is 12.8. The zero-order valence-electron chi connectivity index (χ0n) is 24.1. The number of amides is 2. The molecule has 0 radical (unpaired) electrons. The van der Waals surface area contributed by atoms with E-state index in [0.717, 1.165) is 30.4 Å². The van der Waals surface area contributed by atoms with Crippen molar-refractivity contribution in [1.29, 1.82) is 0 Å². The number of nitrogens with one attached hydrogen (secondary N) is 4. The quantitative estimate of drug-likeness (QED) is 0.208. The van der Waals surface area contributed by atoms with Crippen LogP contribution in [-0.2, 0) is 37.8 Å². The summed E-state index contributed by atoms with van der Waals surface area (Å²) >= 11 is 0. The Morgan fingerprint density at radius 1 is 0.791 bits per heavy atom. The number of rotatable bonds is 6. The molecule has 226 valence electrons. The molecule has 16 heteroatoms. The van der Waals surface area contributed by atoms with E-state index < -0.39 is 45.5 Å². The third kappa shape index (κ3) is 5.61. The van der Waals surface area contributed by atoms with E-state index in [0.29, 0.717) is 11.4 Å². The van der Waals surface area contributed by atoms with Gasteiger partial charge in [-0.1, -0.05) is 12.1 Å². The van der Waals surface area contributed by atoms with Crippen LogP contribution in [-0.4, -0.2) is 35.3 Å². The lowest BCUT2D eigenvalue weighted by Crippen LogP contribution is -2.99. The Kier molecular flexibility index (Phi) is 8.20. The number of allylic oxidation sites excluding steroid dienone is 2. The van der Waals surface area contributed by atoms with Crippen molar-refractivity contribution in [3.05, 3.63) is 111 Å². The van der Waals surface area contributed by atoms with Crippen LogP contribution < -0.4 is 43.7 Å². The van der Waals surface area contributed by atoms with Crippen molar-refractivity contribution in [3.8, 4) is 0 Å². The maximum atomic E-state index is 13.9. The van der Waals surface area contributed by atoms with Crippen LogP contribution in [0.15, 0.2) is 78.1 Å². The number of aromatic nitrogens is 4. The highest BCUT2D eigenvalue weighted by atomic mass is 16.8. The average molecular weight is 595 g/mol. The molecule has 3 heterocycles. The first-order valence-corrected chi connectivity index (χ1v) is 12.8. The van der Waals surface area contributed by atoms with Crippen molar-refractivity contribution >= 4 is 29.1 Å². The standard InChI is InChI=1S/C27H30N8O8/c1-13-21(24(38)29-17-11-19(36)33(5)26(40)31(17)3)23(15-8-7-9-16(10-15)35(42)43)22(14(2)28-13)25(39)30-18-12-20(37)34(6)27(41)32(18)4/h7-12,23,28,35,42H,1-6H3,(H,29,38)(H,30,39). The van der Waals surface area contributed by atoms with Crippen LogP contribution in [0, 0.1) is 5.21 Å². The topological polar surface area (TPSA) is 206 Å². The Bertz CT molecular complexity index is 1860. The van der Waals surface area contributed by atoms with E-state index in [1.54, 1.807) is 19.9 Å². The van der Waals surface area contributed by atoms with Crippen LogP contribution in [0.25, 0.3) is 0 Å². The van der Waals surface area contributed by atoms with Gasteiger partial charge in [0.1, 0.15) is 11.6 Å². The van der Waals surface area contributed by atoms with Gasteiger partial charge < -0.3 is 21.2 Å². The third-order valence-corrected chi connectivity index (χ3v) is 7.25. The van der Waals surface area contributed by atoms with Gasteiger partial charge in [0, 0.05) is 80.9 Å². The molecule has 0 saturated heterocycles. The molecule has 1 aromatic carbocycles. The Balaban J connectivity index is 1.87. The van der Waals surface area contributed by atoms with Gasteiger partial charge in [0.25, 0.3) is 22.9 Å². The first kappa shape index (κ1) is 30.6. The monoisotopic (exact) mass is 594 g/mol. The number of anilines is 2. The third-order valence-electron chi connectivity index (χ3n) is 7.25. The molecular weight excluding hydrogens is 564 g/mol. The van der Waals surface area contributed by atoms with Gasteiger partial charge in [-0.15, -0.1) is 0 Å². The van der Waals surface area contributed by atoms with E-state index in [9.17, 15) is 39.2 Å². The summed E-state index contributed by atoms with van der Waals surface area (Å²) in [4.78, 5) is 77.2. The minimum Gasteiger partial charge on any atom is -0.595 e. The molecule has 0 aliphatic carbocycles. The summed E-state index contributed by atoms with van der Waals surface area (Å²) in [5.74, 6) is -2.93. The van der Waals surface area contributed by atoms with Gasteiger partial charge in [-0.05, 0) is 19.4 Å². The normalized spacial score (nSPS) is 14.4. The maximum Gasteiger partial charge on any atom is 0.332 e. The Labute approximate surface area is 242 Å². The molecule has 5 N–H and O–H groups in total. The molecule has 2 aromatic heterocycles. The lowest BCUT2D eigenvalue weighted by Gasteiger charge is -2.32. The number of carbonyl (C=O) groups is 2. The van der Waals surface area contributed by atoms with E-state index in [2.05, 4.69) is 16.0 Å². The molecule has 2 amide bonds. The van der Waals surface area contributed by atoms with Crippen molar-refractivity contribution in [2.45, 2.75) is 19.8 Å². The average Bonchev–Trinajstić information content (AvgIpc) is 2.95. The second kappa shape index (κ2) is 11.5. The van der Waals surface area contributed by atoms with Gasteiger partial charge in [0.05, 0.1) is 0 Å². The Morgan fingerprint density at radius 2 is 1.23 bits per heavy atom. The van der Waals surface area contributed by atoms with Crippen LogP contribution in [0.2, 0.25) is 0 Å². The van der Waals surface area contributed by atoms with Crippen molar-refractivity contribution in [3.63, 3.8) is 0 Å². The predicted molar refractivity (Wildman–Crippen MR) is 155 cm³/mol. The summed E-state index contributed by atoms with van der Waals surface area (Å²) in [5, 5.41) is 28.3. The van der Waals surface area contributed by atoms with E-state index in [1.807, 2.05) is 0 Å². The number of hydrogen-bond donors (Lipinski definition) is 5. The summed E-state index contributed by atoms with van der Waals surface area (Å²) in [7, 11) is 5.30. The van der Waals surface area contributed by atoms with Crippen LogP contribution in [0.5, 0.6) is 0 Å². The summed E-state index contributed by atoms with van der Waals surface area (Å²) in [6, 6.07) is 7.82. The second-order valence-electron chi connectivity index (χ2n) is 10.0. The zero-order chi connectivity index (χ0) is 31.9. The fourth-order valence-corrected chi connectivity index (χ4v) is 4.85. The molecule has 1 atom stereocenters. The molecule has 0 fully saturated rings. The molecule has 43 heavy (non-hydrogen) atoms. The Hall–Kier alpha value is -5.32. The largest absolute Gasteiger partial charge is 0.595 e. The van der Waals surface area contributed by atoms with Crippen LogP contribution >= 0.6 is 0 Å². The number of quaternary nitrogens is 1. The molecule has 0 spiro atoms. The highest BCUT2D eigenvalue weighted by Crippen LogP contribution is 2.39. The number of carbonyl (C=O) groups excluding carboxylic acids is 2. The van der Waals surface area contributed by atoms with E-state index in [1.165, 1.54) is 46.4 Å². The van der Waals surface area contributed by atoms with E-state index >= 15 is 0 Å². The summed E-state index contributed by atoms with van der Waals surface area (Å²) in [5.41, 5.74) is -1.92. The number of dihydropyridines is 1. The van der Waals surface area contributed by atoms with Gasteiger partial charge >= 0.3 is 11.4 Å². The van der Waals surface area contributed by atoms with Crippen LogP contribution in [0.1, 0.15) is 25.3 Å². The van der Waals surface area contributed by atoms with Gasteiger partial charge in [-0.2, -0.15) is 5.23 Å². The summed E-state index contributed by atoms with van der Waals surface area (Å²) < 4.78 is 3.86. The molecule has 4 rings (SSSR count). The summed E-state index contributed by atoms with van der Waals surface area (Å²) in [6.45, 7) is 3.16. The number of hydrogen-bond acceptors (Lipinski definition) is 9. The second-order valence-corrected chi connectivity index (χ2v) is 10.0. The lowest BCUT2D eigenvalue weighted by atomic mass is 9.79. The minimum absolute atomic E-state index is 0.00993. The first-order chi connectivity index (χ1) is 20.1. The van der Waals surface area contributed by atoms with Crippen LogP contribution in [0.4, 0.5) is 17.3 Å². The van der Waals surface area contributed by atoms with Crippen molar-refractivity contribution in [2.75, 3.05) is 10.6 Å². The molecule has 3 aromatic rings. The van der Waals surface area contributed by atoms with E-state index in [4.69, 9.17) is 0 Å². The Morgan fingerprint density at radius 3 is 1.65 bits per heavy atom. The molecule has 0 saturated carbocycles. The zero-order valence-corrected chi connectivity index (χ0v) is 24.1. The van der Waals surface area contributed by atoms with Gasteiger partial charge in [0.15, 0.2) is 5.69 Å². The molecule has 1 aliphatic heterocycles. The smallest absolute Gasteiger partial charge is 0.332 e. The van der Waals surface area contributed by atoms with Gasteiger partial charge in [-0.25, -0.2) is 14.8 Å². The molecular formula is C27H30N8O8. The number of benzene rings is 1. The summed E-state index contributed by atoms with van der Waals surface area (Å²) in [6.07, 6.45) is 0. The van der Waals surface area contributed by atoms with Gasteiger partial charge in [0.2, 0.25) is 0 Å². The van der Waals surface area contributed by atoms with Crippen molar-refractivity contribution < 1.29 is 20.0 Å². The van der Waals surface area contributed by atoms with Crippen molar-refractivity contribution in [2.24, 2.45) is 28.2 Å². The molecule has 16 nitrogen and oxygen atoms in total. The van der Waals surface area contributed by atoms with Crippen molar-refractivity contribution in [1.82, 2.24) is 23.6 Å². The lowest BCUT2D eigenvalue weighted by molar-refractivity contribution is -0.991. The minimum atomic E-state index is -1.24.